The van der Waals surface area contributed by atoms with Gasteiger partial charge >= 0.3 is 5.97 Å². The summed E-state index contributed by atoms with van der Waals surface area (Å²) in [6.45, 7) is 2.32. The van der Waals surface area contributed by atoms with Crippen LogP contribution in [0.15, 0.2) is 42.9 Å². The first kappa shape index (κ1) is 15.4. The second kappa shape index (κ2) is 6.29. The number of carbonyl (C=O) groups excluding carboxylic acids is 1. The summed E-state index contributed by atoms with van der Waals surface area (Å²) < 4.78 is 7.30. The van der Waals surface area contributed by atoms with Crippen molar-refractivity contribution < 1.29 is 9.53 Å². The lowest BCUT2D eigenvalue weighted by Crippen LogP contribution is -2.34. The average Bonchev–Trinajstić information content (AvgIpc) is 3.04. The van der Waals surface area contributed by atoms with Gasteiger partial charge in [-0.05, 0) is 25.3 Å². The van der Waals surface area contributed by atoms with E-state index < -0.39 is 0 Å². The van der Waals surface area contributed by atoms with Gasteiger partial charge in [-0.15, -0.1) is 6.42 Å². The van der Waals surface area contributed by atoms with Gasteiger partial charge in [-0.1, -0.05) is 42.7 Å². The Morgan fingerprint density at radius 1 is 1.43 bits per heavy atom. The lowest BCUT2D eigenvalue weighted by atomic mass is 9.70. The maximum absolute atomic E-state index is 12.4. The molecule has 1 aliphatic rings. The third-order valence-electron chi connectivity index (χ3n) is 4.67. The zero-order chi connectivity index (χ0) is 16.3. The Hall–Kier alpha value is -2.54. The molecule has 0 aliphatic heterocycles. The van der Waals surface area contributed by atoms with Gasteiger partial charge in [0.2, 0.25) is 0 Å². The van der Waals surface area contributed by atoms with Gasteiger partial charge in [-0.2, -0.15) is 0 Å². The van der Waals surface area contributed by atoms with Gasteiger partial charge in [0, 0.05) is 0 Å². The summed E-state index contributed by atoms with van der Waals surface area (Å²) >= 11 is 0. The van der Waals surface area contributed by atoms with Gasteiger partial charge in [-0.3, -0.25) is 0 Å². The van der Waals surface area contributed by atoms with Crippen LogP contribution in [-0.4, -0.2) is 22.1 Å². The molecule has 1 saturated carbocycles. The van der Waals surface area contributed by atoms with Crippen molar-refractivity contribution in [3.05, 3.63) is 54.1 Å². The molecule has 4 heteroatoms. The molecule has 3 rings (SSSR count). The van der Waals surface area contributed by atoms with E-state index >= 15 is 0 Å². The summed E-state index contributed by atoms with van der Waals surface area (Å²) in [6, 6.07) is 9.99. The zero-order valence-corrected chi connectivity index (χ0v) is 13.2. The van der Waals surface area contributed by atoms with Crippen LogP contribution in [-0.2, 0) is 4.74 Å². The van der Waals surface area contributed by atoms with Crippen molar-refractivity contribution in [2.24, 2.45) is 5.41 Å². The van der Waals surface area contributed by atoms with E-state index in [1.807, 2.05) is 41.8 Å². The molecule has 0 spiro atoms. The van der Waals surface area contributed by atoms with Crippen LogP contribution in [0.2, 0.25) is 0 Å². The number of benzene rings is 1. The van der Waals surface area contributed by atoms with Gasteiger partial charge in [-0.25, -0.2) is 9.78 Å². The van der Waals surface area contributed by atoms with Gasteiger partial charge < -0.3 is 9.30 Å². The number of terminal acetylenes is 1. The molecule has 0 saturated heterocycles. The van der Waals surface area contributed by atoms with Crippen LogP contribution in [0.1, 0.15) is 48.3 Å². The Morgan fingerprint density at radius 3 is 2.78 bits per heavy atom. The second-order valence-electron chi connectivity index (χ2n) is 6.13. The number of rotatable bonds is 5. The Kier molecular flexibility index (Phi) is 4.20. The first-order valence-electron chi connectivity index (χ1n) is 7.87. The van der Waals surface area contributed by atoms with Crippen LogP contribution in [0.25, 0.3) is 0 Å². The maximum atomic E-state index is 12.4. The number of carbonyl (C=O) groups is 1. The Labute approximate surface area is 136 Å². The molecule has 2 aromatic rings. The molecule has 1 aromatic heterocycles. The summed E-state index contributed by atoms with van der Waals surface area (Å²) in [5.41, 5.74) is 1.30. The van der Waals surface area contributed by atoms with Crippen molar-refractivity contribution in [2.75, 3.05) is 6.61 Å². The molecule has 1 aromatic carbocycles. The van der Waals surface area contributed by atoms with Crippen molar-refractivity contribution in [1.29, 1.82) is 0 Å². The molecule has 1 heterocycles. The highest BCUT2D eigenvalue weighted by Gasteiger charge is 2.36. The highest BCUT2D eigenvalue weighted by Crippen LogP contribution is 2.40. The second-order valence-corrected chi connectivity index (χ2v) is 6.13. The Morgan fingerprint density at radius 2 is 2.17 bits per heavy atom. The smallest absolute Gasteiger partial charge is 0.356 e. The van der Waals surface area contributed by atoms with E-state index in [1.54, 1.807) is 12.5 Å². The summed E-state index contributed by atoms with van der Waals surface area (Å²) in [6.07, 6.45) is 11.7. The summed E-state index contributed by atoms with van der Waals surface area (Å²) in [5, 5.41) is 0. The number of hydrogen-bond donors (Lipinski definition) is 0. The quantitative estimate of drug-likeness (QED) is 0.627. The Balaban J connectivity index is 1.73. The maximum Gasteiger partial charge on any atom is 0.356 e. The molecule has 118 valence electrons. The molecule has 1 fully saturated rings. The molecule has 4 nitrogen and oxygen atoms in total. The largest absolute Gasteiger partial charge is 0.459 e. The number of aromatic nitrogens is 2. The molecule has 0 radical (unpaired) electrons. The molecule has 0 amide bonds. The molecule has 0 bridgehead atoms. The van der Waals surface area contributed by atoms with E-state index in [4.69, 9.17) is 11.2 Å². The molecule has 1 atom stereocenters. The SMILES string of the molecule is C#CC1(COC(=O)c2cncn2C(C)c2ccccc2)CCC1. The van der Waals surface area contributed by atoms with E-state index in [1.165, 1.54) is 0 Å². The van der Waals surface area contributed by atoms with Crippen molar-refractivity contribution in [2.45, 2.75) is 32.2 Å². The average molecular weight is 308 g/mol. The standard InChI is InChI=1S/C19H20N2O2/c1-3-19(10-7-11-19)13-23-18(22)17-12-20-14-21(17)15(2)16-8-5-4-6-9-16/h1,4-6,8-9,12,14-15H,7,10-11,13H2,2H3. The van der Waals surface area contributed by atoms with E-state index in [0.717, 1.165) is 24.8 Å². The van der Waals surface area contributed by atoms with Gasteiger partial charge in [0.25, 0.3) is 0 Å². The lowest BCUT2D eigenvalue weighted by Gasteiger charge is -2.36. The van der Waals surface area contributed by atoms with Crippen molar-refractivity contribution in [3.63, 3.8) is 0 Å². The fourth-order valence-electron chi connectivity index (χ4n) is 2.88. The minimum absolute atomic E-state index is 0.00606. The van der Waals surface area contributed by atoms with Crippen LogP contribution < -0.4 is 0 Å². The Bertz CT molecular complexity index is 723. The predicted octanol–water partition coefficient (Wildman–Crippen LogP) is 3.45. The van der Waals surface area contributed by atoms with Gasteiger partial charge in [0.05, 0.1) is 24.0 Å². The third-order valence-corrected chi connectivity index (χ3v) is 4.67. The van der Waals surface area contributed by atoms with E-state index in [2.05, 4.69) is 10.9 Å². The van der Waals surface area contributed by atoms with Gasteiger partial charge in [0.15, 0.2) is 0 Å². The molecule has 1 aliphatic carbocycles. The highest BCUT2D eigenvalue weighted by molar-refractivity contribution is 5.87. The highest BCUT2D eigenvalue weighted by atomic mass is 16.5. The number of ether oxygens (including phenoxy) is 1. The summed E-state index contributed by atoms with van der Waals surface area (Å²) in [4.78, 5) is 16.5. The minimum atomic E-state index is -0.369. The van der Waals surface area contributed by atoms with Crippen LogP contribution in [0, 0.1) is 17.8 Å². The van der Waals surface area contributed by atoms with Crippen LogP contribution in [0.4, 0.5) is 0 Å². The topological polar surface area (TPSA) is 44.1 Å². The number of imidazole rings is 1. The van der Waals surface area contributed by atoms with Crippen molar-refractivity contribution >= 4 is 5.97 Å². The van der Waals surface area contributed by atoms with Crippen molar-refractivity contribution in [3.8, 4) is 12.3 Å². The number of hydrogen-bond acceptors (Lipinski definition) is 3. The molecule has 1 unspecified atom stereocenters. The zero-order valence-electron chi connectivity index (χ0n) is 13.2. The van der Waals surface area contributed by atoms with Crippen molar-refractivity contribution in [1.82, 2.24) is 9.55 Å². The van der Waals surface area contributed by atoms with Crippen LogP contribution >= 0.6 is 0 Å². The monoisotopic (exact) mass is 308 g/mol. The summed E-state index contributed by atoms with van der Waals surface area (Å²) in [5.74, 6) is 2.41. The first-order chi connectivity index (χ1) is 11.2. The van der Waals surface area contributed by atoms with Gasteiger partial charge in [0.1, 0.15) is 12.3 Å². The van der Waals surface area contributed by atoms with Crippen LogP contribution in [0.5, 0.6) is 0 Å². The third kappa shape index (κ3) is 3.00. The molecule has 0 N–H and O–H groups in total. The van der Waals surface area contributed by atoms with E-state index in [9.17, 15) is 4.79 Å². The normalized spacial score (nSPS) is 16.9. The number of nitrogens with zero attached hydrogens (tertiary/aromatic N) is 2. The molecular formula is C19H20N2O2. The van der Waals surface area contributed by atoms with E-state index in [-0.39, 0.29) is 24.0 Å². The fraction of sp³-hybridized carbons (Fsp3) is 0.368. The summed E-state index contributed by atoms with van der Waals surface area (Å²) in [7, 11) is 0. The first-order valence-corrected chi connectivity index (χ1v) is 7.87. The van der Waals surface area contributed by atoms with Crippen LogP contribution in [0.3, 0.4) is 0 Å². The predicted molar refractivity (Wildman–Crippen MR) is 87.9 cm³/mol. The molecular weight excluding hydrogens is 288 g/mol. The fourth-order valence-corrected chi connectivity index (χ4v) is 2.88. The number of esters is 1. The minimum Gasteiger partial charge on any atom is -0.459 e. The molecule has 23 heavy (non-hydrogen) atoms. The van der Waals surface area contributed by atoms with E-state index in [0.29, 0.717) is 5.69 Å². The lowest BCUT2D eigenvalue weighted by molar-refractivity contribution is 0.0222.